The van der Waals surface area contributed by atoms with Crippen LogP contribution < -0.4 is 11.3 Å². The molecule has 100 valence electrons. The van der Waals surface area contributed by atoms with E-state index in [1.807, 2.05) is 19.1 Å². The van der Waals surface area contributed by atoms with Gasteiger partial charge in [-0.3, -0.25) is 10.8 Å². The molecule has 19 heavy (non-hydrogen) atoms. The maximum absolute atomic E-state index is 6.20. The number of hydrazine groups is 1. The van der Waals surface area contributed by atoms with Crippen LogP contribution in [0.15, 0.2) is 18.2 Å². The SMILES string of the molecule is Cc1c(Cl)ccc2c(NN)cc(C3CCCC3)nc12. The smallest absolute Gasteiger partial charge is 0.0770 e. The number of nitrogens with two attached hydrogens (primary N) is 1. The van der Waals surface area contributed by atoms with Crippen LogP contribution in [0.3, 0.4) is 0 Å². The van der Waals surface area contributed by atoms with Gasteiger partial charge in [-0.1, -0.05) is 24.4 Å². The Balaban J connectivity index is 2.22. The van der Waals surface area contributed by atoms with Gasteiger partial charge in [0.15, 0.2) is 0 Å². The molecule has 3 rings (SSSR count). The van der Waals surface area contributed by atoms with Crippen molar-refractivity contribution in [1.82, 2.24) is 4.98 Å². The van der Waals surface area contributed by atoms with E-state index in [0.29, 0.717) is 5.92 Å². The van der Waals surface area contributed by atoms with Gasteiger partial charge in [0.2, 0.25) is 0 Å². The number of nitrogen functional groups attached to an aromatic ring is 1. The lowest BCUT2D eigenvalue weighted by Gasteiger charge is -2.15. The Morgan fingerprint density at radius 2 is 2.05 bits per heavy atom. The molecule has 0 aliphatic heterocycles. The summed E-state index contributed by atoms with van der Waals surface area (Å²) < 4.78 is 0. The second-order valence-electron chi connectivity index (χ2n) is 5.29. The average Bonchev–Trinajstić information content (AvgIpc) is 2.96. The van der Waals surface area contributed by atoms with Crippen molar-refractivity contribution in [2.45, 2.75) is 38.5 Å². The fourth-order valence-corrected chi connectivity index (χ4v) is 3.13. The number of hydrogen-bond donors (Lipinski definition) is 2. The van der Waals surface area contributed by atoms with Gasteiger partial charge >= 0.3 is 0 Å². The molecule has 0 unspecified atom stereocenters. The number of halogens is 1. The van der Waals surface area contributed by atoms with Gasteiger partial charge in [0, 0.05) is 22.0 Å². The first-order valence-electron chi connectivity index (χ1n) is 6.77. The van der Waals surface area contributed by atoms with Crippen molar-refractivity contribution < 1.29 is 0 Å². The Hall–Kier alpha value is -1.32. The van der Waals surface area contributed by atoms with Gasteiger partial charge in [0.25, 0.3) is 0 Å². The van der Waals surface area contributed by atoms with Crippen LogP contribution in [0.4, 0.5) is 5.69 Å². The summed E-state index contributed by atoms with van der Waals surface area (Å²) in [5, 5.41) is 1.79. The number of hydrogen-bond acceptors (Lipinski definition) is 3. The van der Waals surface area contributed by atoms with E-state index in [1.165, 1.54) is 25.7 Å². The van der Waals surface area contributed by atoms with Crippen molar-refractivity contribution >= 4 is 28.2 Å². The summed E-state index contributed by atoms with van der Waals surface area (Å²) in [4.78, 5) is 4.85. The van der Waals surface area contributed by atoms with Crippen LogP contribution in [0.5, 0.6) is 0 Å². The van der Waals surface area contributed by atoms with Crippen molar-refractivity contribution in [2.75, 3.05) is 5.43 Å². The number of anilines is 1. The zero-order valence-corrected chi connectivity index (χ0v) is 11.8. The standard InChI is InChI=1S/C15H18ClN3/c1-9-12(16)7-6-11-14(19-17)8-13(18-15(9)11)10-4-2-3-5-10/h6-8,10H,2-5,17H2,1H3,(H,18,19). The first-order chi connectivity index (χ1) is 9.20. The van der Waals surface area contributed by atoms with E-state index >= 15 is 0 Å². The molecule has 1 aliphatic carbocycles. The maximum Gasteiger partial charge on any atom is 0.0770 e. The second kappa shape index (κ2) is 4.99. The van der Waals surface area contributed by atoms with Crippen molar-refractivity contribution in [1.29, 1.82) is 0 Å². The van der Waals surface area contributed by atoms with Crippen molar-refractivity contribution in [2.24, 2.45) is 5.84 Å². The molecule has 1 aromatic heterocycles. The largest absolute Gasteiger partial charge is 0.323 e. The van der Waals surface area contributed by atoms with E-state index in [4.69, 9.17) is 22.4 Å². The van der Waals surface area contributed by atoms with E-state index < -0.39 is 0 Å². The molecule has 0 amide bonds. The highest BCUT2D eigenvalue weighted by Crippen LogP contribution is 2.37. The third kappa shape index (κ3) is 2.17. The normalized spacial score (nSPS) is 16.2. The number of nitrogens with one attached hydrogen (secondary N) is 1. The summed E-state index contributed by atoms with van der Waals surface area (Å²) >= 11 is 6.20. The summed E-state index contributed by atoms with van der Waals surface area (Å²) in [6.07, 6.45) is 5.04. The fourth-order valence-electron chi connectivity index (χ4n) is 2.97. The van der Waals surface area contributed by atoms with Crippen LogP contribution in [0.2, 0.25) is 5.02 Å². The van der Waals surface area contributed by atoms with Gasteiger partial charge in [-0.2, -0.15) is 0 Å². The van der Waals surface area contributed by atoms with Crippen LogP contribution in [0.1, 0.15) is 42.9 Å². The molecule has 3 nitrogen and oxygen atoms in total. The van der Waals surface area contributed by atoms with Gasteiger partial charge in [0.05, 0.1) is 11.2 Å². The van der Waals surface area contributed by atoms with E-state index in [-0.39, 0.29) is 0 Å². The first kappa shape index (κ1) is 12.7. The zero-order valence-electron chi connectivity index (χ0n) is 11.0. The van der Waals surface area contributed by atoms with Crippen LogP contribution in [0, 0.1) is 6.92 Å². The van der Waals surface area contributed by atoms with E-state index in [1.54, 1.807) is 0 Å². The summed E-state index contributed by atoms with van der Waals surface area (Å²) in [6, 6.07) is 5.97. The molecule has 0 atom stereocenters. The van der Waals surface area contributed by atoms with E-state index in [9.17, 15) is 0 Å². The van der Waals surface area contributed by atoms with Gasteiger partial charge in [-0.15, -0.1) is 0 Å². The van der Waals surface area contributed by atoms with Gasteiger partial charge in [-0.25, -0.2) is 0 Å². The number of benzene rings is 1. The number of aryl methyl sites for hydroxylation is 1. The van der Waals surface area contributed by atoms with Crippen molar-refractivity contribution in [3.63, 3.8) is 0 Å². The molecule has 1 aliphatic rings. The maximum atomic E-state index is 6.20. The summed E-state index contributed by atoms with van der Waals surface area (Å²) in [5.74, 6) is 6.23. The summed E-state index contributed by atoms with van der Waals surface area (Å²) in [7, 11) is 0. The molecule has 1 saturated carbocycles. The lowest BCUT2D eigenvalue weighted by molar-refractivity contribution is 0.701. The molecule has 0 bridgehead atoms. The second-order valence-corrected chi connectivity index (χ2v) is 5.70. The number of pyridine rings is 1. The Bertz CT molecular complexity index is 618. The molecule has 4 heteroatoms. The Kier molecular flexibility index (Phi) is 3.33. The Morgan fingerprint density at radius 1 is 1.32 bits per heavy atom. The molecule has 0 saturated heterocycles. The molecule has 1 fully saturated rings. The lowest BCUT2D eigenvalue weighted by atomic mass is 10.0. The molecule has 1 aromatic carbocycles. The third-order valence-electron chi connectivity index (χ3n) is 4.12. The van der Waals surface area contributed by atoms with E-state index in [2.05, 4.69) is 11.5 Å². The predicted octanol–water partition coefficient (Wildman–Crippen LogP) is 4.14. The molecule has 0 spiro atoms. The quantitative estimate of drug-likeness (QED) is 0.640. The van der Waals surface area contributed by atoms with Crippen LogP contribution >= 0.6 is 11.6 Å². The van der Waals surface area contributed by atoms with Crippen LogP contribution in [-0.2, 0) is 0 Å². The summed E-state index contributed by atoms with van der Waals surface area (Å²) in [6.45, 7) is 2.01. The molecule has 0 radical (unpaired) electrons. The topological polar surface area (TPSA) is 50.9 Å². The average molecular weight is 276 g/mol. The highest BCUT2D eigenvalue weighted by molar-refractivity contribution is 6.32. The minimum absolute atomic E-state index is 0.565. The number of nitrogens with zero attached hydrogens (tertiary/aromatic N) is 1. The Morgan fingerprint density at radius 3 is 2.74 bits per heavy atom. The minimum Gasteiger partial charge on any atom is -0.323 e. The highest BCUT2D eigenvalue weighted by Gasteiger charge is 2.20. The number of rotatable bonds is 2. The van der Waals surface area contributed by atoms with Crippen molar-refractivity contribution in [3.05, 3.63) is 34.5 Å². The number of fused-ring (bicyclic) bond motifs is 1. The molecule has 2 aromatic rings. The predicted molar refractivity (Wildman–Crippen MR) is 80.5 cm³/mol. The zero-order chi connectivity index (χ0) is 13.4. The third-order valence-corrected chi connectivity index (χ3v) is 4.53. The Labute approximate surface area is 118 Å². The van der Waals surface area contributed by atoms with Crippen molar-refractivity contribution in [3.8, 4) is 0 Å². The molecule has 3 N–H and O–H groups in total. The van der Waals surface area contributed by atoms with Crippen LogP contribution in [-0.4, -0.2) is 4.98 Å². The fraction of sp³-hybridized carbons (Fsp3) is 0.400. The molecule has 1 heterocycles. The highest BCUT2D eigenvalue weighted by atomic mass is 35.5. The number of aromatic nitrogens is 1. The molecular formula is C15H18ClN3. The monoisotopic (exact) mass is 275 g/mol. The summed E-state index contributed by atoms with van der Waals surface area (Å²) in [5.41, 5.74) is 6.86. The lowest BCUT2D eigenvalue weighted by Crippen LogP contribution is -2.09. The molecular weight excluding hydrogens is 258 g/mol. The van der Waals surface area contributed by atoms with Crippen LogP contribution in [0.25, 0.3) is 10.9 Å². The van der Waals surface area contributed by atoms with Gasteiger partial charge in [-0.05, 0) is 43.5 Å². The van der Waals surface area contributed by atoms with Gasteiger partial charge in [0.1, 0.15) is 0 Å². The minimum atomic E-state index is 0.565. The van der Waals surface area contributed by atoms with Gasteiger partial charge < -0.3 is 5.43 Å². The van der Waals surface area contributed by atoms with E-state index in [0.717, 1.165) is 32.9 Å². The first-order valence-corrected chi connectivity index (χ1v) is 7.15.